The number of amides is 1. The summed E-state index contributed by atoms with van der Waals surface area (Å²) < 4.78 is 0.922. The van der Waals surface area contributed by atoms with Crippen molar-refractivity contribution in [3.63, 3.8) is 0 Å². The lowest BCUT2D eigenvalue weighted by atomic mass is 10.2. The summed E-state index contributed by atoms with van der Waals surface area (Å²) in [5.41, 5.74) is 0.663. The number of H-pyrrole nitrogens is 1. The minimum atomic E-state index is 0.0904. The molecule has 0 bridgehead atoms. The molecule has 1 saturated carbocycles. The quantitative estimate of drug-likeness (QED) is 0.882. The van der Waals surface area contributed by atoms with Gasteiger partial charge in [-0.25, -0.2) is 0 Å². The topological polar surface area (TPSA) is 36.1 Å². The standard InChI is InChI=1S/C11H15BrN2O/c1-14(9-4-2-3-5-9)11(15)10-6-8(12)7-13-10/h6-7,9,13H,2-5H2,1H3. The number of aromatic nitrogens is 1. The molecule has 0 saturated heterocycles. The Balaban J connectivity index is 2.06. The SMILES string of the molecule is CN(C(=O)c1cc(Br)c[nH]1)C1CCCC1. The van der Waals surface area contributed by atoms with Crippen LogP contribution in [-0.4, -0.2) is 28.9 Å². The van der Waals surface area contributed by atoms with Gasteiger partial charge >= 0.3 is 0 Å². The first-order chi connectivity index (χ1) is 7.18. The molecule has 0 aromatic carbocycles. The maximum atomic E-state index is 12.0. The van der Waals surface area contributed by atoms with Crippen molar-refractivity contribution in [2.45, 2.75) is 31.7 Å². The zero-order valence-corrected chi connectivity index (χ0v) is 10.4. The van der Waals surface area contributed by atoms with E-state index in [4.69, 9.17) is 0 Å². The summed E-state index contributed by atoms with van der Waals surface area (Å²) in [4.78, 5) is 16.9. The van der Waals surface area contributed by atoms with E-state index >= 15 is 0 Å². The third-order valence-corrected chi connectivity index (χ3v) is 3.53. The average molecular weight is 271 g/mol. The molecule has 1 amide bonds. The van der Waals surface area contributed by atoms with Crippen molar-refractivity contribution in [3.05, 3.63) is 22.4 Å². The van der Waals surface area contributed by atoms with Crippen molar-refractivity contribution >= 4 is 21.8 Å². The Morgan fingerprint density at radius 2 is 2.20 bits per heavy atom. The molecule has 0 unspecified atom stereocenters. The minimum absolute atomic E-state index is 0.0904. The van der Waals surface area contributed by atoms with E-state index in [9.17, 15) is 4.79 Å². The number of halogens is 1. The summed E-state index contributed by atoms with van der Waals surface area (Å²) in [7, 11) is 1.90. The molecule has 1 aliphatic rings. The second-order valence-corrected chi connectivity index (χ2v) is 5.00. The molecule has 3 nitrogen and oxygen atoms in total. The average Bonchev–Trinajstić information content (AvgIpc) is 2.85. The van der Waals surface area contributed by atoms with Gasteiger partial charge in [-0.1, -0.05) is 12.8 Å². The van der Waals surface area contributed by atoms with Crippen LogP contribution in [0.4, 0.5) is 0 Å². The van der Waals surface area contributed by atoms with Gasteiger partial charge in [0, 0.05) is 23.8 Å². The minimum Gasteiger partial charge on any atom is -0.356 e. The van der Waals surface area contributed by atoms with Crippen LogP contribution in [-0.2, 0) is 0 Å². The molecule has 1 aromatic heterocycles. The van der Waals surface area contributed by atoms with E-state index in [0.717, 1.165) is 17.3 Å². The summed E-state index contributed by atoms with van der Waals surface area (Å²) in [6.45, 7) is 0. The number of hydrogen-bond acceptors (Lipinski definition) is 1. The summed E-state index contributed by atoms with van der Waals surface area (Å²) >= 11 is 3.33. The van der Waals surface area contributed by atoms with Gasteiger partial charge in [0.15, 0.2) is 0 Å². The molecule has 1 aliphatic carbocycles. The lowest BCUT2D eigenvalue weighted by Crippen LogP contribution is -2.35. The molecule has 1 aromatic rings. The smallest absolute Gasteiger partial charge is 0.270 e. The van der Waals surface area contributed by atoms with Gasteiger partial charge in [0.25, 0.3) is 5.91 Å². The van der Waals surface area contributed by atoms with Crippen LogP contribution < -0.4 is 0 Å². The van der Waals surface area contributed by atoms with Crippen LogP contribution in [0.2, 0.25) is 0 Å². The molecule has 0 radical (unpaired) electrons. The predicted molar refractivity (Wildman–Crippen MR) is 62.8 cm³/mol. The van der Waals surface area contributed by atoms with Gasteiger partial charge in [0.1, 0.15) is 5.69 Å². The van der Waals surface area contributed by atoms with E-state index < -0.39 is 0 Å². The molecule has 2 rings (SSSR count). The Labute approximate surface area is 98.0 Å². The molecule has 0 atom stereocenters. The van der Waals surface area contributed by atoms with E-state index in [1.54, 1.807) is 6.20 Å². The van der Waals surface area contributed by atoms with Crippen LogP contribution >= 0.6 is 15.9 Å². The predicted octanol–water partition coefficient (Wildman–Crippen LogP) is 2.79. The van der Waals surface area contributed by atoms with Gasteiger partial charge in [-0.3, -0.25) is 4.79 Å². The van der Waals surface area contributed by atoms with E-state index in [-0.39, 0.29) is 5.91 Å². The molecule has 4 heteroatoms. The Bertz CT molecular complexity index is 355. The van der Waals surface area contributed by atoms with E-state index in [2.05, 4.69) is 20.9 Å². The molecular weight excluding hydrogens is 256 g/mol. The largest absolute Gasteiger partial charge is 0.356 e. The maximum absolute atomic E-state index is 12.0. The monoisotopic (exact) mass is 270 g/mol. The first-order valence-corrected chi connectivity index (χ1v) is 6.09. The molecule has 0 aliphatic heterocycles. The Kier molecular flexibility index (Phi) is 3.14. The van der Waals surface area contributed by atoms with Gasteiger partial charge in [-0.15, -0.1) is 0 Å². The normalized spacial score (nSPS) is 16.9. The van der Waals surface area contributed by atoms with Crippen LogP contribution in [0.5, 0.6) is 0 Å². The van der Waals surface area contributed by atoms with Crippen molar-refractivity contribution in [1.29, 1.82) is 0 Å². The third kappa shape index (κ3) is 2.25. The zero-order chi connectivity index (χ0) is 10.8. The lowest BCUT2D eigenvalue weighted by molar-refractivity contribution is 0.0730. The Morgan fingerprint density at radius 3 is 2.73 bits per heavy atom. The maximum Gasteiger partial charge on any atom is 0.270 e. The summed E-state index contributed by atoms with van der Waals surface area (Å²) in [5.74, 6) is 0.0904. The van der Waals surface area contributed by atoms with E-state index in [1.165, 1.54) is 12.8 Å². The highest BCUT2D eigenvalue weighted by atomic mass is 79.9. The van der Waals surface area contributed by atoms with E-state index in [1.807, 2.05) is 18.0 Å². The van der Waals surface area contributed by atoms with Gasteiger partial charge < -0.3 is 9.88 Å². The lowest BCUT2D eigenvalue weighted by Gasteiger charge is -2.23. The van der Waals surface area contributed by atoms with Crippen LogP contribution in [0.1, 0.15) is 36.2 Å². The number of nitrogens with one attached hydrogen (secondary N) is 1. The van der Waals surface area contributed by atoms with Crippen LogP contribution in [0.3, 0.4) is 0 Å². The molecule has 1 N–H and O–H groups in total. The number of carbonyl (C=O) groups is 1. The van der Waals surface area contributed by atoms with Crippen LogP contribution in [0.15, 0.2) is 16.7 Å². The molecule has 1 fully saturated rings. The van der Waals surface area contributed by atoms with Crippen molar-refractivity contribution in [2.24, 2.45) is 0 Å². The molecule has 82 valence electrons. The van der Waals surface area contributed by atoms with Crippen LogP contribution in [0, 0.1) is 0 Å². The summed E-state index contributed by atoms with van der Waals surface area (Å²) in [5, 5.41) is 0. The Hall–Kier alpha value is -0.770. The fourth-order valence-electron chi connectivity index (χ4n) is 2.14. The number of rotatable bonds is 2. The number of hydrogen-bond donors (Lipinski definition) is 1. The van der Waals surface area contributed by atoms with Gasteiger partial charge in [0.2, 0.25) is 0 Å². The highest BCUT2D eigenvalue weighted by Gasteiger charge is 2.24. The fourth-order valence-corrected chi connectivity index (χ4v) is 2.48. The van der Waals surface area contributed by atoms with Gasteiger partial charge in [-0.2, -0.15) is 0 Å². The molecule has 15 heavy (non-hydrogen) atoms. The van der Waals surface area contributed by atoms with Gasteiger partial charge in [0.05, 0.1) is 0 Å². The molecule has 1 heterocycles. The number of aromatic amines is 1. The first kappa shape index (κ1) is 10.7. The van der Waals surface area contributed by atoms with Crippen molar-refractivity contribution in [1.82, 2.24) is 9.88 Å². The highest BCUT2D eigenvalue weighted by Crippen LogP contribution is 2.23. The van der Waals surface area contributed by atoms with E-state index in [0.29, 0.717) is 11.7 Å². The third-order valence-electron chi connectivity index (χ3n) is 3.07. The zero-order valence-electron chi connectivity index (χ0n) is 8.79. The summed E-state index contributed by atoms with van der Waals surface area (Å²) in [6.07, 6.45) is 6.57. The number of nitrogens with zero attached hydrogens (tertiary/aromatic N) is 1. The molecule has 0 spiro atoms. The highest BCUT2D eigenvalue weighted by molar-refractivity contribution is 9.10. The Morgan fingerprint density at radius 1 is 1.53 bits per heavy atom. The molecular formula is C11H15BrN2O. The fraction of sp³-hybridized carbons (Fsp3) is 0.545. The summed E-state index contributed by atoms with van der Waals surface area (Å²) in [6, 6.07) is 2.26. The second-order valence-electron chi connectivity index (χ2n) is 4.09. The number of carbonyl (C=O) groups excluding carboxylic acids is 1. The van der Waals surface area contributed by atoms with Crippen molar-refractivity contribution in [3.8, 4) is 0 Å². The van der Waals surface area contributed by atoms with Crippen LogP contribution in [0.25, 0.3) is 0 Å². The first-order valence-electron chi connectivity index (χ1n) is 5.29. The van der Waals surface area contributed by atoms with Gasteiger partial charge in [-0.05, 0) is 34.8 Å². The van der Waals surface area contributed by atoms with Crippen molar-refractivity contribution < 1.29 is 4.79 Å². The second kappa shape index (κ2) is 4.39. The van der Waals surface area contributed by atoms with Crippen molar-refractivity contribution in [2.75, 3.05) is 7.05 Å².